The molecule has 0 aliphatic rings. The minimum absolute atomic E-state index is 0.0117. The van der Waals surface area contributed by atoms with E-state index in [0.717, 1.165) is 11.1 Å². The van der Waals surface area contributed by atoms with Gasteiger partial charge in [0.05, 0.1) is 11.5 Å². The SMILES string of the molecule is CCOc1ccc(S(=O)(=O)NNC(=O)COc2cc(C(C)C)ccc2C)cc1. The lowest BCUT2D eigenvalue weighted by molar-refractivity contribution is -0.123. The van der Waals surface area contributed by atoms with Crippen LogP contribution in [0.4, 0.5) is 0 Å². The number of rotatable bonds is 9. The molecule has 0 spiro atoms. The van der Waals surface area contributed by atoms with E-state index in [-0.39, 0.29) is 11.5 Å². The van der Waals surface area contributed by atoms with Crippen molar-refractivity contribution in [2.75, 3.05) is 13.2 Å². The highest BCUT2D eigenvalue weighted by atomic mass is 32.2. The second kappa shape index (κ2) is 9.57. The maximum absolute atomic E-state index is 12.2. The number of carbonyl (C=O) groups excluding carboxylic acids is 1. The molecule has 7 nitrogen and oxygen atoms in total. The molecular weight excluding hydrogens is 380 g/mol. The van der Waals surface area contributed by atoms with E-state index in [1.54, 1.807) is 12.1 Å². The summed E-state index contributed by atoms with van der Waals surface area (Å²) in [6.45, 7) is 8.03. The van der Waals surface area contributed by atoms with Gasteiger partial charge >= 0.3 is 0 Å². The zero-order valence-electron chi connectivity index (χ0n) is 16.5. The van der Waals surface area contributed by atoms with Crippen LogP contribution >= 0.6 is 0 Å². The van der Waals surface area contributed by atoms with Gasteiger partial charge in [0.1, 0.15) is 11.5 Å². The minimum atomic E-state index is -3.89. The van der Waals surface area contributed by atoms with Gasteiger partial charge < -0.3 is 9.47 Å². The molecule has 0 saturated carbocycles. The molecule has 152 valence electrons. The predicted octanol–water partition coefficient (Wildman–Crippen LogP) is 2.91. The van der Waals surface area contributed by atoms with Crippen molar-refractivity contribution in [3.63, 3.8) is 0 Å². The van der Waals surface area contributed by atoms with Crippen LogP contribution in [0.25, 0.3) is 0 Å². The number of hydrogen-bond acceptors (Lipinski definition) is 5. The Balaban J connectivity index is 1.92. The molecule has 0 bridgehead atoms. The Bertz CT molecular complexity index is 909. The lowest BCUT2D eigenvalue weighted by Crippen LogP contribution is -2.43. The quantitative estimate of drug-likeness (QED) is 0.625. The molecule has 0 radical (unpaired) electrons. The van der Waals surface area contributed by atoms with E-state index >= 15 is 0 Å². The van der Waals surface area contributed by atoms with E-state index in [9.17, 15) is 13.2 Å². The first kappa shape index (κ1) is 21.7. The molecule has 2 N–H and O–H groups in total. The van der Waals surface area contributed by atoms with Crippen LogP contribution in [0.3, 0.4) is 0 Å². The molecule has 0 atom stereocenters. The number of hydrogen-bond donors (Lipinski definition) is 2. The molecule has 2 aromatic rings. The van der Waals surface area contributed by atoms with Gasteiger partial charge in [-0.1, -0.05) is 26.0 Å². The van der Waals surface area contributed by atoms with Crippen molar-refractivity contribution in [1.29, 1.82) is 0 Å². The van der Waals surface area contributed by atoms with E-state index in [0.29, 0.717) is 24.0 Å². The number of amides is 1. The van der Waals surface area contributed by atoms with Gasteiger partial charge in [-0.15, -0.1) is 4.83 Å². The van der Waals surface area contributed by atoms with Crippen molar-refractivity contribution in [3.8, 4) is 11.5 Å². The highest BCUT2D eigenvalue weighted by Crippen LogP contribution is 2.24. The third kappa shape index (κ3) is 5.97. The smallest absolute Gasteiger partial charge is 0.272 e. The molecule has 0 unspecified atom stereocenters. The van der Waals surface area contributed by atoms with Crippen LogP contribution in [0.15, 0.2) is 47.4 Å². The molecule has 1 amide bonds. The summed E-state index contributed by atoms with van der Waals surface area (Å²) < 4.78 is 35.3. The van der Waals surface area contributed by atoms with Gasteiger partial charge in [0.25, 0.3) is 15.9 Å². The third-order valence-electron chi connectivity index (χ3n) is 4.01. The van der Waals surface area contributed by atoms with Crippen LogP contribution in [-0.4, -0.2) is 27.5 Å². The predicted molar refractivity (Wildman–Crippen MR) is 107 cm³/mol. The fourth-order valence-electron chi connectivity index (χ4n) is 2.38. The number of benzene rings is 2. The highest BCUT2D eigenvalue weighted by molar-refractivity contribution is 7.89. The molecule has 2 rings (SSSR count). The number of nitrogens with one attached hydrogen (secondary N) is 2. The first-order chi connectivity index (χ1) is 13.2. The zero-order chi connectivity index (χ0) is 20.7. The fraction of sp³-hybridized carbons (Fsp3) is 0.350. The van der Waals surface area contributed by atoms with Gasteiger partial charge in [0, 0.05) is 0 Å². The van der Waals surface area contributed by atoms with Gasteiger partial charge in [0.2, 0.25) is 0 Å². The Morgan fingerprint density at radius 1 is 1.07 bits per heavy atom. The van der Waals surface area contributed by atoms with Crippen LogP contribution in [0.2, 0.25) is 0 Å². The van der Waals surface area contributed by atoms with E-state index in [1.807, 2.05) is 32.0 Å². The summed E-state index contributed by atoms with van der Waals surface area (Å²) in [6, 6.07) is 11.7. The lowest BCUT2D eigenvalue weighted by Gasteiger charge is -2.13. The molecule has 8 heteroatoms. The molecule has 0 aliphatic heterocycles. The average Bonchev–Trinajstić information content (AvgIpc) is 2.66. The monoisotopic (exact) mass is 406 g/mol. The summed E-state index contributed by atoms with van der Waals surface area (Å²) in [5.41, 5.74) is 4.15. The van der Waals surface area contributed by atoms with Crippen molar-refractivity contribution >= 4 is 15.9 Å². The summed E-state index contributed by atoms with van der Waals surface area (Å²) in [5.74, 6) is 0.884. The third-order valence-corrected chi connectivity index (χ3v) is 5.27. The van der Waals surface area contributed by atoms with Crippen LogP contribution in [0.1, 0.15) is 37.8 Å². The van der Waals surface area contributed by atoms with Crippen LogP contribution < -0.4 is 19.7 Å². The number of carbonyl (C=O) groups is 1. The summed E-state index contributed by atoms with van der Waals surface area (Å²) in [7, 11) is -3.89. The molecule has 0 heterocycles. The first-order valence-electron chi connectivity index (χ1n) is 8.99. The Morgan fingerprint density at radius 2 is 1.75 bits per heavy atom. The molecule has 0 fully saturated rings. The lowest BCUT2D eigenvalue weighted by atomic mass is 10.0. The standard InChI is InChI=1S/C20H26N2O5S/c1-5-26-17-8-10-18(11-9-17)28(24,25)22-21-20(23)13-27-19-12-16(14(2)3)7-6-15(19)4/h6-12,14,22H,5,13H2,1-4H3,(H,21,23). The maximum atomic E-state index is 12.2. The molecular formula is C20H26N2O5S. The summed E-state index contributed by atoms with van der Waals surface area (Å²) in [5, 5.41) is 0. The van der Waals surface area contributed by atoms with Crippen molar-refractivity contribution in [1.82, 2.24) is 10.3 Å². The largest absolute Gasteiger partial charge is 0.494 e. The van der Waals surface area contributed by atoms with Crippen molar-refractivity contribution in [2.45, 2.75) is 38.5 Å². The summed E-state index contributed by atoms with van der Waals surface area (Å²) in [4.78, 5) is 14.1. The van der Waals surface area contributed by atoms with E-state index in [2.05, 4.69) is 24.1 Å². The Labute approximate surface area is 166 Å². The summed E-state index contributed by atoms with van der Waals surface area (Å²) in [6.07, 6.45) is 0. The fourth-order valence-corrected chi connectivity index (χ4v) is 3.24. The highest BCUT2D eigenvalue weighted by Gasteiger charge is 2.15. The Morgan fingerprint density at radius 3 is 2.36 bits per heavy atom. The van der Waals surface area contributed by atoms with Crippen molar-refractivity contribution < 1.29 is 22.7 Å². The molecule has 2 aromatic carbocycles. The van der Waals surface area contributed by atoms with Crippen LogP contribution in [0.5, 0.6) is 11.5 Å². The normalized spacial score (nSPS) is 11.3. The number of ether oxygens (including phenoxy) is 2. The molecule has 28 heavy (non-hydrogen) atoms. The minimum Gasteiger partial charge on any atom is -0.494 e. The molecule has 0 saturated heterocycles. The van der Waals surface area contributed by atoms with Crippen molar-refractivity contribution in [2.24, 2.45) is 0 Å². The van der Waals surface area contributed by atoms with Gasteiger partial charge in [-0.2, -0.15) is 0 Å². The number of sulfonamides is 1. The Hall–Kier alpha value is -2.58. The molecule has 0 aromatic heterocycles. The van der Waals surface area contributed by atoms with Crippen LogP contribution in [0, 0.1) is 6.92 Å². The maximum Gasteiger partial charge on any atom is 0.272 e. The Kier molecular flexibility index (Phi) is 7.42. The second-order valence-electron chi connectivity index (χ2n) is 6.53. The first-order valence-corrected chi connectivity index (χ1v) is 10.5. The summed E-state index contributed by atoms with van der Waals surface area (Å²) >= 11 is 0. The van der Waals surface area contributed by atoms with E-state index in [1.165, 1.54) is 12.1 Å². The van der Waals surface area contributed by atoms with Crippen molar-refractivity contribution in [3.05, 3.63) is 53.6 Å². The van der Waals surface area contributed by atoms with E-state index < -0.39 is 15.9 Å². The van der Waals surface area contributed by atoms with Gasteiger partial charge in [-0.05, 0) is 61.2 Å². The second-order valence-corrected chi connectivity index (χ2v) is 8.21. The topological polar surface area (TPSA) is 93.7 Å². The van der Waals surface area contributed by atoms with Gasteiger partial charge in [0.15, 0.2) is 6.61 Å². The number of aryl methyl sites for hydroxylation is 1. The number of hydrazine groups is 1. The zero-order valence-corrected chi connectivity index (χ0v) is 17.3. The average molecular weight is 407 g/mol. The van der Waals surface area contributed by atoms with Gasteiger partial charge in [-0.3, -0.25) is 10.2 Å². The molecule has 0 aliphatic carbocycles. The van der Waals surface area contributed by atoms with Crippen LogP contribution in [-0.2, 0) is 14.8 Å². The van der Waals surface area contributed by atoms with E-state index in [4.69, 9.17) is 9.47 Å². The van der Waals surface area contributed by atoms with Gasteiger partial charge in [-0.25, -0.2) is 8.42 Å².